The first-order chi connectivity index (χ1) is 21.7. The maximum Gasteiger partial charge on any atom is 0.416 e. The highest BCUT2D eigenvalue weighted by molar-refractivity contribution is 14.1. The van der Waals surface area contributed by atoms with Crippen LogP contribution in [0, 0.1) is 11.3 Å². The van der Waals surface area contributed by atoms with Gasteiger partial charge < -0.3 is 19.4 Å². The van der Waals surface area contributed by atoms with Gasteiger partial charge in [0.15, 0.2) is 5.76 Å². The molecule has 234 valence electrons. The lowest BCUT2D eigenvalue weighted by atomic mass is 10.0. The number of halogens is 4. The normalized spacial score (nSPS) is 19.8. The summed E-state index contributed by atoms with van der Waals surface area (Å²) in [6.07, 6.45) is -1.33. The zero-order valence-corrected chi connectivity index (χ0v) is 26.6. The number of carbonyl (C=O) groups excluding carboxylic acids is 1. The predicted octanol–water partition coefficient (Wildman–Crippen LogP) is 7.53. The van der Waals surface area contributed by atoms with E-state index in [1.165, 1.54) is 12.1 Å². The largest absolute Gasteiger partial charge is 0.490 e. The number of nitrogens with zero attached hydrogens (tertiary/aromatic N) is 3. The summed E-state index contributed by atoms with van der Waals surface area (Å²) < 4.78 is 51.0. The molecule has 0 bridgehead atoms. The van der Waals surface area contributed by atoms with Crippen molar-refractivity contribution in [2.75, 3.05) is 24.5 Å². The topological polar surface area (TPSA) is 81.7 Å². The van der Waals surface area contributed by atoms with E-state index in [0.29, 0.717) is 36.5 Å². The molecule has 0 spiro atoms. The summed E-state index contributed by atoms with van der Waals surface area (Å²) in [5.74, 6) is 0.651. The number of nitrogens with one attached hydrogen (secondary N) is 1. The number of likely N-dealkylation sites (tertiary alicyclic amines) is 1. The molecule has 4 aromatic rings. The van der Waals surface area contributed by atoms with Gasteiger partial charge in [0.1, 0.15) is 17.4 Å². The molecule has 2 unspecified atom stereocenters. The highest BCUT2D eigenvalue weighted by atomic mass is 127. The van der Waals surface area contributed by atoms with Crippen LogP contribution in [0.25, 0.3) is 11.0 Å². The number of piperidine rings is 2. The Balaban J connectivity index is 1.00. The zero-order chi connectivity index (χ0) is 31.6. The number of furan rings is 1. The Morgan fingerprint density at radius 3 is 2.49 bits per heavy atom. The second kappa shape index (κ2) is 13.3. The maximum atomic E-state index is 13.1. The molecule has 2 aliphatic heterocycles. The van der Waals surface area contributed by atoms with Crippen LogP contribution in [0.5, 0.6) is 5.75 Å². The van der Waals surface area contributed by atoms with Crippen LogP contribution in [0.15, 0.2) is 77.2 Å². The molecule has 6 rings (SSSR count). The van der Waals surface area contributed by atoms with Gasteiger partial charge in [-0.1, -0.05) is 40.8 Å². The number of carbonyl (C=O) groups is 1. The molecule has 2 aliphatic rings. The Hall–Kier alpha value is -3.76. The fourth-order valence-electron chi connectivity index (χ4n) is 6.00. The maximum absolute atomic E-state index is 13.1. The fourth-order valence-corrected chi connectivity index (χ4v) is 7.09. The molecule has 3 heterocycles. The number of alkyl halides is 4. The zero-order valence-electron chi connectivity index (χ0n) is 24.4. The second-order valence-electron chi connectivity index (χ2n) is 11.5. The van der Waals surface area contributed by atoms with Crippen molar-refractivity contribution < 1.29 is 27.1 Å². The standard InChI is InChI=1S/C34H32F3IN4O3/c35-34(36,37)25-6-8-27(9-7-25)41-15-12-28(13-16-41)44-29-10-5-22-17-31(45-30(22)19-29)33(43)40-26-11-14-42(32(38)18-26)21-24-4-2-1-3-23(24)20-39/h1-10,17,19,26,28,32H,11-16,18,21H2,(H,40,43). The molecule has 2 atom stereocenters. The number of ether oxygens (including phenoxy) is 1. The van der Waals surface area contributed by atoms with Gasteiger partial charge in [0, 0.05) is 62.2 Å². The average molecular weight is 729 g/mol. The molecule has 45 heavy (non-hydrogen) atoms. The summed E-state index contributed by atoms with van der Waals surface area (Å²) in [6.45, 7) is 2.85. The minimum Gasteiger partial charge on any atom is -0.490 e. The molecule has 1 amide bonds. The van der Waals surface area contributed by atoms with E-state index in [-0.39, 0.29) is 27.9 Å². The molecule has 11 heteroatoms. The van der Waals surface area contributed by atoms with Crippen LogP contribution in [0.2, 0.25) is 0 Å². The van der Waals surface area contributed by atoms with Gasteiger partial charge in [-0.25, -0.2) is 0 Å². The van der Waals surface area contributed by atoms with Crippen LogP contribution in [0.3, 0.4) is 0 Å². The first-order valence-electron chi connectivity index (χ1n) is 15.0. The Morgan fingerprint density at radius 2 is 1.78 bits per heavy atom. The monoisotopic (exact) mass is 728 g/mol. The van der Waals surface area contributed by atoms with Crippen molar-refractivity contribution in [1.82, 2.24) is 10.2 Å². The van der Waals surface area contributed by atoms with Crippen LogP contribution in [0.1, 0.15) is 52.9 Å². The molecule has 1 N–H and O–H groups in total. The number of nitriles is 1. The smallest absolute Gasteiger partial charge is 0.416 e. The van der Waals surface area contributed by atoms with Crippen molar-refractivity contribution in [1.29, 1.82) is 5.26 Å². The summed E-state index contributed by atoms with van der Waals surface area (Å²) in [6, 6.07) is 22.5. The molecule has 3 aromatic carbocycles. The lowest BCUT2D eigenvalue weighted by Crippen LogP contribution is -2.47. The molecule has 2 fully saturated rings. The van der Waals surface area contributed by atoms with Crippen molar-refractivity contribution in [2.24, 2.45) is 0 Å². The van der Waals surface area contributed by atoms with Crippen molar-refractivity contribution in [3.63, 3.8) is 0 Å². The lowest BCUT2D eigenvalue weighted by molar-refractivity contribution is -0.137. The Kier molecular flexibility index (Phi) is 9.23. The van der Waals surface area contributed by atoms with Gasteiger partial charge >= 0.3 is 6.18 Å². The fraction of sp³-hybridized carbons (Fsp3) is 0.353. The van der Waals surface area contributed by atoms with E-state index in [1.807, 2.05) is 36.4 Å². The minimum atomic E-state index is -4.34. The third kappa shape index (κ3) is 7.39. The van der Waals surface area contributed by atoms with E-state index in [0.717, 1.165) is 61.0 Å². The molecule has 0 aliphatic carbocycles. The molecule has 1 aromatic heterocycles. The van der Waals surface area contributed by atoms with Gasteiger partial charge in [-0.05, 0) is 66.9 Å². The van der Waals surface area contributed by atoms with Gasteiger partial charge in [-0.2, -0.15) is 18.4 Å². The summed E-state index contributed by atoms with van der Waals surface area (Å²) in [7, 11) is 0. The number of hydrogen-bond donors (Lipinski definition) is 1. The quantitative estimate of drug-likeness (QED) is 0.121. The summed E-state index contributed by atoms with van der Waals surface area (Å²) in [5, 5.41) is 13.4. The van der Waals surface area contributed by atoms with E-state index in [1.54, 1.807) is 12.1 Å². The van der Waals surface area contributed by atoms with Crippen LogP contribution in [0.4, 0.5) is 18.9 Å². The van der Waals surface area contributed by atoms with Crippen LogP contribution >= 0.6 is 22.6 Å². The van der Waals surface area contributed by atoms with E-state index in [9.17, 15) is 23.2 Å². The number of amides is 1. The van der Waals surface area contributed by atoms with E-state index < -0.39 is 11.7 Å². The average Bonchev–Trinajstić information content (AvgIpc) is 3.46. The van der Waals surface area contributed by atoms with Gasteiger partial charge in [-0.3, -0.25) is 9.69 Å². The Bertz CT molecular complexity index is 1690. The highest BCUT2D eigenvalue weighted by Crippen LogP contribution is 2.32. The predicted molar refractivity (Wildman–Crippen MR) is 173 cm³/mol. The number of rotatable bonds is 7. The summed E-state index contributed by atoms with van der Waals surface area (Å²) in [4.78, 5) is 17.5. The SMILES string of the molecule is N#Cc1ccccc1CN1CCC(NC(=O)c2cc3ccc(OC4CCN(c5ccc(C(F)(F)F)cc5)CC4)cc3o2)CC1I. The summed E-state index contributed by atoms with van der Waals surface area (Å²) >= 11 is 2.41. The first kappa shape index (κ1) is 31.2. The summed E-state index contributed by atoms with van der Waals surface area (Å²) in [5.41, 5.74) is 2.39. The van der Waals surface area contributed by atoms with Gasteiger partial charge in [0.25, 0.3) is 5.91 Å². The Morgan fingerprint density at radius 1 is 1.02 bits per heavy atom. The number of anilines is 1. The van der Waals surface area contributed by atoms with Crippen LogP contribution in [-0.4, -0.2) is 46.6 Å². The van der Waals surface area contributed by atoms with Gasteiger partial charge in [0.05, 0.1) is 21.2 Å². The van der Waals surface area contributed by atoms with Crippen molar-refractivity contribution in [3.8, 4) is 11.8 Å². The van der Waals surface area contributed by atoms with Crippen molar-refractivity contribution in [2.45, 2.75) is 54.6 Å². The molecule has 2 saturated heterocycles. The third-order valence-electron chi connectivity index (χ3n) is 8.51. The molecular weight excluding hydrogens is 696 g/mol. The number of hydrogen-bond acceptors (Lipinski definition) is 6. The number of benzene rings is 3. The molecule has 0 saturated carbocycles. The molecule has 7 nitrogen and oxygen atoms in total. The van der Waals surface area contributed by atoms with E-state index in [2.05, 4.69) is 43.8 Å². The van der Waals surface area contributed by atoms with Gasteiger partial charge in [-0.15, -0.1) is 0 Å². The van der Waals surface area contributed by atoms with Crippen LogP contribution < -0.4 is 15.0 Å². The van der Waals surface area contributed by atoms with Gasteiger partial charge in [0.2, 0.25) is 0 Å². The van der Waals surface area contributed by atoms with Crippen molar-refractivity contribution >= 4 is 45.2 Å². The van der Waals surface area contributed by atoms with E-state index in [4.69, 9.17) is 9.15 Å². The van der Waals surface area contributed by atoms with Crippen LogP contribution in [-0.2, 0) is 12.7 Å². The lowest BCUT2D eigenvalue weighted by Gasteiger charge is -2.36. The second-order valence-corrected chi connectivity index (χ2v) is 13.0. The highest BCUT2D eigenvalue weighted by Gasteiger charge is 2.31. The van der Waals surface area contributed by atoms with Crippen molar-refractivity contribution in [3.05, 3.63) is 95.2 Å². The minimum absolute atomic E-state index is 0.0161. The molecular formula is C34H32F3IN4O3. The first-order valence-corrected chi connectivity index (χ1v) is 16.2. The van der Waals surface area contributed by atoms with E-state index >= 15 is 0 Å². The Labute approximate surface area is 273 Å². The third-order valence-corrected chi connectivity index (χ3v) is 9.80. The number of fused-ring (bicyclic) bond motifs is 1. The molecule has 0 radical (unpaired) electrons.